The van der Waals surface area contributed by atoms with Gasteiger partial charge in [0.1, 0.15) is 11.8 Å². The fourth-order valence-corrected chi connectivity index (χ4v) is 4.24. The Morgan fingerprint density at radius 3 is 2.56 bits per heavy atom. The predicted molar refractivity (Wildman–Crippen MR) is 113 cm³/mol. The largest absolute Gasteiger partial charge is 0.497 e. The van der Waals surface area contributed by atoms with Crippen molar-refractivity contribution in [2.45, 2.75) is 17.4 Å². The number of amides is 1. The Labute approximate surface area is 172 Å². The van der Waals surface area contributed by atoms with E-state index < -0.39 is 22.0 Å². The Kier molecular flexibility index (Phi) is 8.15. The molecule has 6 nitrogen and oxygen atoms in total. The monoisotopic (exact) mass is 472 g/mol. The number of ether oxygens (including phenoxy) is 1. The van der Waals surface area contributed by atoms with Crippen LogP contribution >= 0.6 is 27.7 Å². The van der Waals surface area contributed by atoms with Crippen molar-refractivity contribution >= 4 is 49.3 Å². The van der Waals surface area contributed by atoms with E-state index >= 15 is 0 Å². The normalized spacial score (nSPS) is 12.4. The van der Waals surface area contributed by atoms with Crippen LogP contribution in [0.15, 0.2) is 57.9 Å². The third-order valence-electron chi connectivity index (χ3n) is 3.69. The molecule has 2 rings (SSSR count). The Morgan fingerprint density at radius 2 is 1.93 bits per heavy atom. The van der Waals surface area contributed by atoms with Gasteiger partial charge in [-0.2, -0.15) is 16.5 Å². The lowest BCUT2D eigenvalue weighted by Crippen LogP contribution is -2.44. The molecule has 0 saturated heterocycles. The van der Waals surface area contributed by atoms with Gasteiger partial charge in [-0.15, -0.1) is 0 Å². The van der Waals surface area contributed by atoms with Gasteiger partial charge < -0.3 is 10.1 Å². The van der Waals surface area contributed by atoms with Crippen LogP contribution in [0.2, 0.25) is 0 Å². The van der Waals surface area contributed by atoms with E-state index in [0.717, 1.165) is 4.47 Å². The topological polar surface area (TPSA) is 84.5 Å². The number of thioether (sulfide) groups is 1. The highest BCUT2D eigenvalue weighted by molar-refractivity contribution is 9.10. The zero-order valence-corrected chi connectivity index (χ0v) is 18.2. The summed E-state index contributed by atoms with van der Waals surface area (Å²) in [4.78, 5) is 12.8. The fourth-order valence-electron chi connectivity index (χ4n) is 2.28. The van der Waals surface area contributed by atoms with Gasteiger partial charge in [0, 0.05) is 16.2 Å². The van der Waals surface area contributed by atoms with Gasteiger partial charge in [0.05, 0.1) is 12.0 Å². The molecule has 27 heavy (non-hydrogen) atoms. The van der Waals surface area contributed by atoms with Crippen LogP contribution in [-0.4, -0.2) is 39.5 Å². The number of rotatable bonds is 9. The van der Waals surface area contributed by atoms with Crippen LogP contribution in [0.25, 0.3) is 0 Å². The average Bonchev–Trinajstić information content (AvgIpc) is 2.65. The van der Waals surface area contributed by atoms with Gasteiger partial charge in [-0.1, -0.05) is 22.0 Å². The van der Waals surface area contributed by atoms with Crippen molar-refractivity contribution in [3.8, 4) is 5.75 Å². The number of benzene rings is 2. The molecule has 0 aliphatic rings. The molecule has 0 aromatic heterocycles. The van der Waals surface area contributed by atoms with E-state index in [1.807, 2.05) is 6.26 Å². The van der Waals surface area contributed by atoms with Gasteiger partial charge >= 0.3 is 0 Å². The van der Waals surface area contributed by atoms with E-state index in [-0.39, 0.29) is 4.90 Å². The summed E-state index contributed by atoms with van der Waals surface area (Å²) in [5, 5.41) is 2.75. The van der Waals surface area contributed by atoms with Crippen molar-refractivity contribution in [2.24, 2.45) is 0 Å². The van der Waals surface area contributed by atoms with Crippen LogP contribution in [0.5, 0.6) is 5.75 Å². The fraction of sp³-hybridized carbons (Fsp3) is 0.278. The molecule has 1 unspecified atom stereocenters. The highest BCUT2D eigenvalue weighted by atomic mass is 79.9. The summed E-state index contributed by atoms with van der Waals surface area (Å²) in [6.45, 7) is 0. The smallest absolute Gasteiger partial charge is 0.242 e. The third kappa shape index (κ3) is 6.53. The summed E-state index contributed by atoms with van der Waals surface area (Å²) in [5.74, 6) is 0.820. The summed E-state index contributed by atoms with van der Waals surface area (Å²) < 4.78 is 33.7. The van der Waals surface area contributed by atoms with Crippen LogP contribution < -0.4 is 14.8 Å². The first-order valence-electron chi connectivity index (χ1n) is 8.07. The number of sulfonamides is 1. The molecule has 1 amide bonds. The first-order valence-corrected chi connectivity index (χ1v) is 11.7. The summed E-state index contributed by atoms with van der Waals surface area (Å²) in [5.41, 5.74) is 0.538. The van der Waals surface area contributed by atoms with Crippen molar-refractivity contribution in [1.29, 1.82) is 0 Å². The quantitative estimate of drug-likeness (QED) is 0.583. The summed E-state index contributed by atoms with van der Waals surface area (Å²) >= 11 is 4.82. The lowest BCUT2D eigenvalue weighted by atomic mass is 10.2. The van der Waals surface area contributed by atoms with E-state index in [9.17, 15) is 13.2 Å². The summed E-state index contributed by atoms with van der Waals surface area (Å²) in [6.07, 6.45) is 2.27. The first-order chi connectivity index (χ1) is 12.9. The highest BCUT2D eigenvalue weighted by Crippen LogP contribution is 2.19. The maximum absolute atomic E-state index is 12.7. The van der Waals surface area contributed by atoms with Gasteiger partial charge in [0.2, 0.25) is 15.9 Å². The Hall–Kier alpha value is -1.55. The number of carbonyl (C=O) groups excluding carboxylic acids is 1. The number of nitrogens with one attached hydrogen (secondary N) is 2. The average molecular weight is 473 g/mol. The standard InChI is InChI=1S/C18H21BrN2O4S2/c1-25-15-5-3-4-14(12-15)20-18(22)17(10-11-26-2)21-27(23,24)16-8-6-13(19)7-9-16/h3-9,12,17,21H,10-11H2,1-2H3,(H,20,22). The van der Waals surface area contributed by atoms with E-state index in [4.69, 9.17) is 4.74 Å². The minimum atomic E-state index is -3.82. The van der Waals surface area contributed by atoms with Gasteiger partial charge in [0.25, 0.3) is 0 Å². The highest BCUT2D eigenvalue weighted by Gasteiger charge is 2.25. The van der Waals surface area contributed by atoms with Gasteiger partial charge in [0.15, 0.2) is 0 Å². The number of carbonyl (C=O) groups is 1. The molecule has 0 heterocycles. The maximum atomic E-state index is 12.7. The molecular formula is C18H21BrN2O4S2. The second-order valence-corrected chi connectivity index (χ2v) is 9.25. The molecule has 0 aliphatic heterocycles. The molecule has 0 bridgehead atoms. The maximum Gasteiger partial charge on any atom is 0.242 e. The molecule has 2 N–H and O–H groups in total. The molecule has 9 heteroatoms. The zero-order valence-electron chi connectivity index (χ0n) is 14.9. The second-order valence-electron chi connectivity index (χ2n) is 5.63. The molecule has 2 aromatic carbocycles. The van der Waals surface area contributed by atoms with Gasteiger partial charge in [-0.25, -0.2) is 8.42 Å². The van der Waals surface area contributed by atoms with E-state index in [1.54, 1.807) is 48.2 Å². The number of anilines is 1. The van der Waals surface area contributed by atoms with Crippen molar-refractivity contribution < 1.29 is 17.9 Å². The second kappa shape index (κ2) is 10.1. The van der Waals surface area contributed by atoms with Crippen molar-refractivity contribution in [3.05, 3.63) is 53.0 Å². The lowest BCUT2D eigenvalue weighted by molar-refractivity contribution is -0.117. The SMILES string of the molecule is COc1cccc(NC(=O)C(CCSC)NS(=O)(=O)c2ccc(Br)cc2)c1. The lowest BCUT2D eigenvalue weighted by Gasteiger charge is -2.18. The summed E-state index contributed by atoms with van der Waals surface area (Å²) in [6, 6.07) is 12.3. The van der Waals surface area contributed by atoms with Crippen molar-refractivity contribution in [2.75, 3.05) is 24.4 Å². The van der Waals surface area contributed by atoms with Crippen molar-refractivity contribution in [3.63, 3.8) is 0 Å². The minimum Gasteiger partial charge on any atom is -0.497 e. The van der Waals surface area contributed by atoms with Crippen LogP contribution in [0.3, 0.4) is 0 Å². The minimum absolute atomic E-state index is 0.106. The number of methoxy groups -OCH3 is 1. The number of hydrogen-bond acceptors (Lipinski definition) is 5. The zero-order chi connectivity index (χ0) is 19.9. The molecule has 0 radical (unpaired) electrons. The van der Waals surface area contributed by atoms with E-state index in [1.165, 1.54) is 19.2 Å². The summed E-state index contributed by atoms with van der Waals surface area (Å²) in [7, 11) is -2.29. The molecule has 0 spiro atoms. The third-order valence-corrected chi connectivity index (χ3v) is 6.35. The number of halogens is 1. The van der Waals surface area contributed by atoms with Crippen LogP contribution in [-0.2, 0) is 14.8 Å². The van der Waals surface area contributed by atoms with E-state index in [2.05, 4.69) is 26.0 Å². The molecular weight excluding hydrogens is 452 g/mol. The molecule has 146 valence electrons. The van der Waals surface area contributed by atoms with Crippen LogP contribution in [0.4, 0.5) is 5.69 Å². The molecule has 0 saturated carbocycles. The Balaban J connectivity index is 2.17. The predicted octanol–water partition coefficient (Wildman–Crippen LogP) is 3.50. The van der Waals surface area contributed by atoms with Gasteiger partial charge in [-0.05, 0) is 54.8 Å². The Morgan fingerprint density at radius 1 is 1.22 bits per heavy atom. The molecule has 0 aliphatic carbocycles. The molecule has 2 aromatic rings. The van der Waals surface area contributed by atoms with Crippen LogP contribution in [0, 0.1) is 0 Å². The first kappa shape index (κ1) is 21.7. The van der Waals surface area contributed by atoms with Gasteiger partial charge in [-0.3, -0.25) is 4.79 Å². The number of hydrogen-bond donors (Lipinski definition) is 2. The van der Waals surface area contributed by atoms with Crippen molar-refractivity contribution in [1.82, 2.24) is 4.72 Å². The van der Waals surface area contributed by atoms with Crippen LogP contribution in [0.1, 0.15) is 6.42 Å². The molecule has 1 atom stereocenters. The van der Waals surface area contributed by atoms with E-state index in [0.29, 0.717) is 23.6 Å². The molecule has 0 fully saturated rings. The Bertz CT molecular complexity index is 873.